The average molecular weight is 301 g/mol. The first kappa shape index (κ1) is 13.8. The number of halogens is 3. The Labute approximate surface area is 108 Å². The zero-order valence-electron chi connectivity index (χ0n) is 7.86. The predicted molar refractivity (Wildman–Crippen MR) is 67.1 cm³/mol. The van der Waals surface area contributed by atoms with Crippen molar-refractivity contribution in [2.45, 2.75) is 0 Å². The van der Waals surface area contributed by atoms with Crippen molar-refractivity contribution in [1.29, 1.82) is 0 Å². The molecule has 0 fully saturated rings. The molecule has 16 heavy (non-hydrogen) atoms. The molecular weight excluding hydrogens is 293 g/mol. The molecule has 0 aliphatic heterocycles. The minimum Gasteiger partial charge on any atom is -0.419 e. The molecule has 1 aromatic carbocycles. The summed E-state index contributed by atoms with van der Waals surface area (Å²) < 4.78 is 15.7. The van der Waals surface area contributed by atoms with Crippen molar-refractivity contribution in [2.75, 3.05) is 0 Å². The van der Waals surface area contributed by atoms with Gasteiger partial charge in [-0.3, -0.25) is 0 Å². The zero-order valence-corrected chi connectivity index (χ0v) is 11.0. The molecule has 0 atom stereocenters. The van der Waals surface area contributed by atoms with Gasteiger partial charge in [-0.2, -0.15) is 0 Å². The molecule has 0 radical (unpaired) electrons. The van der Waals surface area contributed by atoms with Crippen molar-refractivity contribution in [3.05, 3.63) is 39.3 Å². The molecule has 1 aromatic rings. The summed E-state index contributed by atoms with van der Waals surface area (Å²) in [6, 6.07) is 6.56. The molecule has 88 valence electrons. The van der Waals surface area contributed by atoms with Crippen LogP contribution in [0.4, 0.5) is 0 Å². The minimum absolute atomic E-state index is 0.109. The van der Waals surface area contributed by atoms with Crippen LogP contribution in [0.25, 0.3) is 5.76 Å². The van der Waals surface area contributed by atoms with Gasteiger partial charge >= 0.3 is 7.67 Å². The van der Waals surface area contributed by atoms with Gasteiger partial charge in [0.05, 0.1) is 5.02 Å². The van der Waals surface area contributed by atoms with Crippen LogP contribution in [-0.2, 0) is 9.09 Å². The van der Waals surface area contributed by atoms with Gasteiger partial charge in [0.25, 0.3) is 0 Å². The molecule has 0 aromatic heterocycles. The molecule has 0 unspecified atom stereocenters. The minimum atomic E-state index is -3.75. The van der Waals surface area contributed by atoms with Crippen molar-refractivity contribution in [2.24, 2.45) is 11.0 Å². The van der Waals surface area contributed by atoms with E-state index in [0.717, 1.165) is 0 Å². The van der Waals surface area contributed by atoms with Crippen LogP contribution in [0.2, 0.25) is 5.02 Å². The molecule has 8 heteroatoms. The van der Waals surface area contributed by atoms with Crippen LogP contribution >= 0.6 is 42.5 Å². The first-order valence-corrected chi connectivity index (χ1v) is 6.88. The van der Waals surface area contributed by atoms with E-state index in [1.54, 1.807) is 24.3 Å². The Morgan fingerprint density at radius 3 is 2.25 bits per heavy atom. The van der Waals surface area contributed by atoms with Crippen molar-refractivity contribution in [1.82, 2.24) is 0 Å². The highest BCUT2D eigenvalue weighted by Gasteiger charge is 2.19. The van der Waals surface area contributed by atoms with E-state index in [1.165, 1.54) is 0 Å². The average Bonchev–Trinajstić information content (AvgIpc) is 2.13. The van der Waals surface area contributed by atoms with Crippen LogP contribution in [0.1, 0.15) is 5.56 Å². The van der Waals surface area contributed by atoms with Gasteiger partial charge in [0.2, 0.25) is 0 Å². The molecule has 4 N–H and O–H groups in total. The van der Waals surface area contributed by atoms with Crippen molar-refractivity contribution in [3.63, 3.8) is 0 Å². The molecule has 0 bridgehead atoms. The lowest BCUT2D eigenvalue weighted by molar-refractivity contribution is 0.462. The van der Waals surface area contributed by atoms with Gasteiger partial charge < -0.3 is 4.52 Å². The summed E-state index contributed by atoms with van der Waals surface area (Å²) in [5.41, 5.74) is 10.5. The summed E-state index contributed by atoms with van der Waals surface area (Å²) in [5.74, 6) is -0.109. The highest BCUT2D eigenvalue weighted by Crippen LogP contribution is 2.40. The Morgan fingerprint density at radius 2 is 1.81 bits per heavy atom. The molecule has 1 rings (SSSR count). The maximum absolute atomic E-state index is 11.2. The van der Waals surface area contributed by atoms with E-state index in [-0.39, 0.29) is 10.3 Å². The number of hydrogen-bond acceptors (Lipinski definition) is 2. The second kappa shape index (κ2) is 5.41. The van der Waals surface area contributed by atoms with Crippen LogP contribution in [0.15, 0.2) is 28.8 Å². The predicted octanol–water partition coefficient (Wildman–Crippen LogP) is 3.49. The Balaban J connectivity index is 3.22. The number of hydrogen-bond donors (Lipinski definition) is 2. The van der Waals surface area contributed by atoms with Crippen LogP contribution in [-0.4, -0.2) is 0 Å². The zero-order chi connectivity index (χ0) is 12.3. The normalized spacial score (nSPS) is 11.1. The third-order valence-electron chi connectivity index (χ3n) is 1.52. The molecule has 0 amide bonds. The molecule has 0 spiro atoms. The Morgan fingerprint density at radius 1 is 1.25 bits per heavy atom. The molecular formula is C8H8Cl3N2O2P. The lowest BCUT2D eigenvalue weighted by Crippen LogP contribution is -2.08. The maximum Gasteiger partial charge on any atom is 0.385 e. The Kier molecular flexibility index (Phi) is 4.68. The molecule has 0 saturated heterocycles. The quantitative estimate of drug-likeness (QED) is 0.661. The molecule has 4 nitrogen and oxygen atoms in total. The number of nitrogens with two attached hydrogens (primary N) is 2. The smallest absolute Gasteiger partial charge is 0.385 e. The van der Waals surface area contributed by atoms with Crippen molar-refractivity contribution >= 4 is 48.2 Å². The van der Waals surface area contributed by atoms with Crippen LogP contribution in [0.3, 0.4) is 0 Å². The van der Waals surface area contributed by atoms with E-state index >= 15 is 0 Å². The lowest BCUT2D eigenvalue weighted by Gasteiger charge is -2.14. The number of benzene rings is 1. The highest BCUT2D eigenvalue weighted by molar-refractivity contribution is 7.54. The van der Waals surface area contributed by atoms with E-state index in [9.17, 15) is 4.57 Å². The fraction of sp³-hybridized carbons (Fsp3) is 0. The second-order valence-electron chi connectivity index (χ2n) is 2.81. The van der Waals surface area contributed by atoms with Gasteiger partial charge in [-0.1, -0.05) is 46.9 Å². The monoisotopic (exact) mass is 300 g/mol. The molecule has 0 aliphatic carbocycles. The third-order valence-corrected chi connectivity index (χ3v) is 2.66. The van der Waals surface area contributed by atoms with Gasteiger partial charge in [-0.05, 0) is 12.1 Å². The van der Waals surface area contributed by atoms with Gasteiger partial charge in [-0.25, -0.2) is 15.6 Å². The summed E-state index contributed by atoms with van der Waals surface area (Å²) in [6.07, 6.45) is 0. The molecule has 0 saturated carbocycles. The first-order chi connectivity index (χ1) is 7.31. The Hall–Kier alpha value is -0.220. The largest absolute Gasteiger partial charge is 0.419 e. The van der Waals surface area contributed by atoms with Gasteiger partial charge in [-0.15, -0.1) is 0 Å². The summed E-state index contributed by atoms with van der Waals surface area (Å²) >= 11 is 17.1. The lowest BCUT2D eigenvalue weighted by atomic mass is 10.2. The van der Waals surface area contributed by atoms with E-state index < -0.39 is 7.67 Å². The van der Waals surface area contributed by atoms with Gasteiger partial charge in [0.1, 0.15) is 4.49 Å². The highest BCUT2D eigenvalue weighted by atomic mass is 35.5. The second-order valence-corrected chi connectivity index (χ2v) is 5.64. The Bertz CT molecular complexity index is 468. The standard InChI is InChI=1S/C8H8Cl3N2O2P/c9-6-4-2-1-3-5(6)7(8(10)11)15-16(12,13)14/h1-4H,(H4,12,13,14). The van der Waals surface area contributed by atoms with E-state index in [0.29, 0.717) is 10.6 Å². The summed E-state index contributed by atoms with van der Waals surface area (Å²) in [5, 5.41) is 0.324. The SMILES string of the molecule is NP(N)(=O)OC(=C(Cl)Cl)c1ccccc1Cl. The van der Waals surface area contributed by atoms with Crippen LogP contribution in [0.5, 0.6) is 0 Å². The topological polar surface area (TPSA) is 78.3 Å². The fourth-order valence-electron chi connectivity index (χ4n) is 0.974. The number of rotatable bonds is 3. The van der Waals surface area contributed by atoms with Crippen LogP contribution < -0.4 is 11.0 Å². The van der Waals surface area contributed by atoms with Crippen LogP contribution in [0, 0.1) is 0 Å². The van der Waals surface area contributed by atoms with E-state index in [2.05, 4.69) is 0 Å². The van der Waals surface area contributed by atoms with Crippen molar-refractivity contribution in [3.8, 4) is 0 Å². The van der Waals surface area contributed by atoms with E-state index in [4.69, 9.17) is 50.3 Å². The van der Waals surface area contributed by atoms with Crippen molar-refractivity contribution < 1.29 is 9.09 Å². The summed E-state index contributed by atoms with van der Waals surface area (Å²) in [4.78, 5) is 0. The molecule has 0 aliphatic rings. The van der Waals surface area contributed by atoms with Gasteiger partial charge in [0.15, 0.2) is 5.76 Å². The summed E-state index contributed by atoms with van der Waals surface area (Å²) in [7, 11) is -3.75. The first-order valence-electron chi connectivity index (χ1n) is 3.98. The summed E-state index contributed by atoms with van der Waals surface area (Å²) in [6.45, 7) is 0. The fourth-order valence-corrected chi connectivity index (χ4v) is 2.06. The van der Waals surface area contributed by atoms with E-state index in [1.807, 2.05) is 0 Å². The third kappa shape index (κ3) is 3.98. The van der Waals surface area contributed by atoms with Gasteiger partial charge in [0, 0.05) is 5.56 Å². The maximum atomic E-state index is 11.2. The molecule has 0 heterocycles.